The van der Waals surface area contributed by atoms with Crippen LogP contribution in [0.1, 0.15) is 79.8 Å². The number of carbonyl (C=O) groups excluding carboxylic acids is 4. The third-order valence-electron chi connectivity index (χ3n) is 10.1. The number of ether oxygens (including phenoxy) is 1. The SMILES string of the molecule is CCC(=O)N(C)CCN(C)C(=O)c1ccc(CCCCCCC(=O)N(C)CCN2CCC(OC(=O)Cc3ccccc3-c3ccccc3)CC2)cc1. The van der Waals surface area contributed by atoms with Gasteiger partial charge in [-0.05, 0) is 66.5 Å². The van der Waals surface area contributed by atoms with Crippen molar-refractivity contribution in [2.75, 3.05) is 60.4 Å². The minimum absolute atomic E-state index is 0.0429. The van der Waals surface area contributed by atoms with Crippen LogP contribution in [-0.2, 0) is 32.0 Å². The van der Waals surface area contributed by atoms with Gasteiger partial charge in [0, 0.05) is 78.8 Å². The zero-order chi connectivity index (χ0) is 37.3. The average molecular weight is 711 g/mol. The first-order valence-electron chi connectivity index (χ1n) is 19.0. The molecule has 52 heavy (non-hydrogen) atoms. The molecule has 1 fully saturated rings. The topological polar surface area (TPSA) is 90.5 Å². The van der Waals surface area contributed by atoms with Gasteiger partial charge in [0.1, 0.15) is 6.10 Å². The summed E-state index contributed by atoms with van der Waals surface area (Å²) < 4.78 is 5.89. The predicted molar refractivity (Wildman–Crippen MR) is 207 cm³/mol. The fraction of sp³-hybridized carbons (Fsp3) is 0.488. The molecule has 9 nitrogen and oxygen atoms in total. The smallest absolute Gasteiger partial charge is 0.310 e. The van der Waals surface area contributed by atoms with E-state index in [9.17, 15) is 19.2 Å². The lowest BCUT2D eigenvalue weighted by Gasteiger charge is -2.32. The Morgan fingerprint density at radius 3 is 2.06 bits per heavy atom. The summed E-state index contributed by atoms with van der Waals surface area (Å²) in [5.41, 5.74) is 5.00. The van der Waals surface area contributed by atoms with Crippen LogP contribution in [0.2, 0.25) is 0 Å². The predicted octanol–water partition coefficient (Wildman–Crippen LogP) is 6.50. The van der Waals surface area contributed by atoms with Crippen molar-refractivity contribution in [1.82, 2.24) is 19.6 Å². The Labute approximate surface area is 310 Å². The molecule has 1 aliphatic heterocycles. The third-order valence-corrected chi connectivity index (χ3v) is 10.1. The van der Waals surface area contributed by atoms with Crippen LogP contribution in [-0.4, -0.2) is 110 Å². The van der Waals surface area contributed by atoms with Crippen molar-refractivity contribution in [3.63, 3.8) is 0 Å². The number of likely N-dealkylation sites (N-methyl/N-ethyl adjacent to an activating group) is 3. The van der Waals surface area contributed by atoms with Crippen LogP contribution < -0.4 is 0 Å². The molecule has 0 aromatic heterocycles. The first-order chi connectivity index (χ1) is 25.1. The van der Waals surface area contributed by atoms with Gasteiger partial charge in [0.25, 0.3) is 5.91 Å². The number of hydrogen-bond donors (Lipinski definition) is 0. The van der Waals surface area contributed by atoms with E-state index in [4.69, 9.17) is 4.74 Å². The molecule has 0 N–H and O–H groups in total. The molecule has 1 saturated heterocycles. The summed E-state index contributed by atoms with van der Waals surface area (Å²) in [4.78, 5) is 57.7. The number of benzene rings is 3. The second-order valence-electron chi connectivity index (χ2n) is 14.1. The molecule has 9 heteroatoms. The number of nitrogens with zero attached hydrogens (tertiary/aromatic N) is 4. The lowest BCUT2D eigenvalue weighted by atomic mass is 9.98. The minimum atomic E-state index is -0.179. The van der Waals surface area contributed by atoms with Gasteiger partial charge in [-0.15, -0.1) is 0 Å². The highest BCUT2D eigenvalue weighted by atomic mass is 16.5. The van der Waals surface area contributed by atoms with Crippen LogP contribution in [0.15, 0.2) is 78.9 Å². The highest BCUT2D eigenvalue weighted by Gasteiger charge is 2.23. The van der Waals surface area contributed by atoms with E-state index in [0.717, 1.165) is 81.3 Å². The lowest BCUT2D eigenvalue weighted by molar-refractivity contribution is -0.150. The number of carbonyl (C=O) groups is 4. The Morgan fingerprint density at radius 1 is 0.712 bits per heavy atom. The van der Waals surface area contributed by atoms with Crippen molar-refractivity contribution >= 4 is 23.7 Å². The Bertz CT molecular complexity index is 1570. The fourth-order valence-electron chi connectivity index (χ4n) is 6.60. The molecule has 1 heterocycles. The monoisotopic (exact) mass is 710 g/mol. The lowest BCUT2D eigenvalue weighted by Crippen LogP contribution is -2.42. The number of unbranched alkanes of at least 4 members (excludes halogenated alkanes) is 3. The van der Waals surface area contributed by atoms with E-state index < -0.39 is 0 Å². The molecular formula is C43H58N4O5. The Hall–Kier alpha value is -4.50. The summed E-state index contributed by atoms with van der Waals surface area (Å²) in [6.07, 6.45) is 7.79. The van der Waals surface area contributed by atoms with Gasteiger partial charge >= 0.3 is 5.97 Å². The van der Waals surface area contributed by atoms with Gasteiger partial charge < -0.3 is 24.3 Å². The van der Waals surface area contributed by atoms with Gasteiger partial charge in [-0.25, -0.2) is 0 Å². The number of likely N-dealkylation sites (tertiary alicyclic amines) is 1. The van der Waals surface area contributed by atoms with E-state index >= 15 is 0 Å². The normalized spacial score (nSPS) is 13.4. The Balaban J connectivity index is 1.04. The molecule has 0 unspecified atom stereocenters. The van der Waals surface area contributed by atoms with Crippen LogP contribution in [0.3, 0.4) is 0 Å². The molecule has 3 aromatic carbocycles. The fourth-order valence-corrected chi connectivity index (χ4v) is 6.60. The van der Waals surface area contributed by atoms with Crippen LogP contribution in [0.4, 0.5) is 0 Å². The third kappa shape index (κ3) is 12.9. The van der Waals surface area contributed by atoms with E-state index in [-0.39, 0.29) is 36.2 Å². The molecule has 0 bridgehead atoms. The van der Waals surface area contributed by atoms with Gasteiger partial charge in [-0.2, -0.15) is 0 Å². The second-order valence-corrected chi connectivity index (χ2v) is 14.1. The summed E-state index contributed by atoms with van der Waals surface area (Å²) in [5, 5.41) is 0. The van der Waals surface area contributed by atoms with Crippen molar-refractivity contribution < 1.29 is 23.9 Å². The molecule has 1 aliphatic rings. The maximum Gasteiger partial charge on any atom is 0.310 e. The van der Waals surface area contributed by atoms with Crippen molar-refractivity contribution in [2.45, 2.75) is 77.2 Å². The van der Waals surface area contributed by atoms with E-state index in [1.165, 1.54) is 5.56 Å². The van der Waals surface area contributed by atoms with Crippen LogP contribution in [0.5, 0.6) is 0 Å². The van der Waals surface area contributed by atoms with Gasteiger partial charge in [-0.1, -0.05) is 86.5 Å². The molecule has 3 aromatic rings. The maximum atomic E-state index is 12.8. The average Bonchev–Trinajstić information content (AvgIpc) is 3.17. The summed E-state index contributed by atoms with van der Waals surface area (Å²) >= 11 is 0. The van der Waals surface area contributed by atoms with Gasteiger partial charge in [0.15, 0.2) is 0 Å². The minimum Gasteiger partial charge on any atom is -0.462 e. The zero-order valence-corrected chi connectivity index (χ0v) is 31.7. The van der Waals surface area contributed by atoms with E-state index in [1.807, 2.05) is 79.5 Å². The van der Waals surface area contributed by atoms with E-state index in [1.54, 1.807) is 23.9 Å². The standard InChI is InChI=1S/C43H58N4O5/c1-5-40(48)44(2)29-30-46(4)43(51)36-23-21-34(22-24-36)15-9-6-7-12-20-41(49)45(3)31-32-47-27-25-38(26-28-47)52-42(50)33-37-18-13-14-19-39(37)35-16-10-8-11-17-35/h8,10-11,13-14,16-19,21-24,38H,5-7,9,12,15,20,25-33H2,1-4H3. The van der Waals surface area contributed by atoms with Crippen molar-refractivity contribution in [3.05, 3.63) is 95.6 Å². The molecule has 4 rings (SSSR count). The second kappa shape index (κ2) is 21.1. The largest absolute Gasteiger partial charge is 0.462 e. The Kier molecular flexibility index (Phi) is 16.4. The molecule has 0 radical (unpaired) electrons. The van der Waals surface area contributed by atoms with Crippen LogP contribution >= 0.6 is 0 Å². The maximum absolute atomic E-state index is 12.8. The summed E-state index contributed by atoms with van der Waals surface area (Å²) in [6.45, 7) is 6.08. The molecule has 0 atom stereocenters. The number of aryl methyl sites for hydroxylation is 1. The first-order valence-corrected chi connectivity index (χ1v) is 19.0. The van der Waals surface area contributed by atoms with E-state index in [0.29, 0.717) is 38.0 Å². The summed E-state index contributed by atoms with van der Waals surface area (Å²) in [6, 6.07) is 26.0. The summed E-state index contributed by atoms with van der Waals surface area (Å²) in [7, 11) is 5.42. The van der Waals surface area contributed by atoms with E-state index in [2.05, 4.69) is 23.1 Å². The van der Waals surface area contributed by atoms with Crippen molar-refractivity contribution in [1.29, 1.82) is 0 Å². The zero-order valence-electron chi connectivity index (χ0n) is 31.7. The van der Waals surface area contributed by atoms with Gasteiger partial charge in [0.05, 0.1) is 6.42 Å². The Morgan fingerprint density at radius 2 is 1.35 bits per heavy atom. The number of rotatable bonds is 19. The van der Waals surface area contributed by atoms with Crippen LogP contribution in [0.25, 0.3) is 11.1 Å². The highest BCUT2D eigenvalue weighted by molar-refractivity contribution is 5.94. The van der Waals surface area contributed by atoms with Gasteiger partial charge in [-0.3, -0.25) is 19.2 Å². The quantitative estimate of drug-likeness (QED) is 0.104. The van der Waals surface area contributed by atoms with Crippen molar-refractivity contribution in [3.8, 4) is 11.1 Å². The molecule has 0 spiro atoms. The van der Waals surface area contributed by atoms with Gasteiger partial charge in [0.2, 0.25) is 11.8 Å². The first kappa shape index (κ1) is 40.3. The molecule has 3 amide bonds. The van der Waals surface area contributed by atoms with Crippen LogP contribution in [0, 0.1) is 0 Å². The number of esters is 1. The molecular weight excluding hydrogens is 652 g/mol. The van der Waals surface area contributed by atoms with Crippen molar-refractivity contribution in [2.24, 2.45) is 0 Å². The highest BCUT2D eigenvalue weighted by Crippen LogP contribution is 2.25. The summed E-state index contributed by atoms with van der Waals surface area (Å²) in [5.74, 6) is 0.0387. The number of piperidine rings is 1. The molecule has 280 valence electrons. The number of amides is 3. The molecule has 0 aliphatic carbocycles. The molecule has 0 saturated carbocycles. The number of hydrogen-bond acceptors (Lipinski definition) is 6.